The van der Waals surface area contributed by atoms with Gasteiger partial charge in [0.05, 0.1) is 5.52 Å². The van der Waals surface area contributed by atoms with Gasteiger partial charge in [0.2, 0.25) is 5.91 Å². The van der Waals surface area contributed by atoms with Crippen LogP contribution in [0.3, 0.4) is 0 Å². The van der Waals surface area contributed by atoms with E-state index in [0.29, 0.717) is 38.0 Å². The van der Waals surface area contributed by atoms with Crippen LogP contribution in [0.1, 0.15) is 77.8 Å². The van der Waals surface area contributed by atoms with Crippen LogP contribution in [0.2, 0.25) is 0 Å². The summed E-state index contributed by atoms with van der Waals surface area (Å²) >= 11 is 0. The summed E-state index contributed by atoms with van der Waals surface area (Å²) in [6.45, 7) is 10.7. The number of pyridine rings is 1. The van der Waals surface area contributed by atoms with Crippen molar-refractivity contribution in [1.29, 1.82) is 0 Å². The number of allylic oxidation sites excluding steroid dienone is 3. The summed E-state index contributed by atoms with van der Waals surface area (Å²) in [7, 11) is -2.67. The van der Waals surface area contributed by atoms with Crippen molar-refractivity contribution in [3.8, 4) is 12.3 Å². The highest BCUT2D eigenvalue weighted by molar-refractivity contribution is 7.89. The maximum atomic E-state index is 14.8. The Kier molecular flexibility index (Phi) is 17.5. The van der Waals surface area contributed by atoms with Crippen LogP contribution < -0.4 is 11.0 Å². The molecule has 2 fully saturated rings. The molecular formula is C38H52F2N6O5S. The second-order valence-corrected chi connectivity index (χ2v) is 14.3. The summed E-state index contributed by atoms with van der Waals surface area (Å²) in [5, 5.41) is 2.88. The van der Waals surface area contributed by atoms with Crippen LogP contribution in [-0.4, -0.2) is 88.9 Å². The average Bonchev–Trinajstić information content (AvgIpc) is 3.39. The molecule has 284 valence electrons. The number of sulfone groups is 1. The van der Waals surface area contributed by atoms with Crippen LogP contribution in [0.25, 0.3) is 11.2 Å². The van der Waals surface area contributed by atoms with Gasteiger partial charge in [-0.25, -0.2) is 31.8 Å². The number of amides is 3. The molecule has 14 heteroatoms. The molecule has 5 rings (SSSR count). The van der Waals surface area contributed by atoms with Gasteiger partial charge in [-0.3, -0.25) is 14.3 Å². The minimum atomic E-state index is -2.67. The minimum absolute atomic E-state index is 0.0697. The first-order chi connectivity index (χ1) is 24.8. The van der Waals surface area contributed by atoms with Gasteiger partial charge in [0.1, 0.15) is 21.9 Å². The minimum Gasteiger partial charge on any atom is -0.326 e. The number of aromatic nitrogens is 3. The summed E-state index contributed by atoms with van der Waals surface area (Å²) in [6.07, 6.45) is 18.4. The highest BCUT2D eigenvalue weighted by atomic mass is 32.2. The van der Waals surface area contributed by atoms with Crippen LogP contribution in [0.15, 0.2) is 65.6 Å². The lowest BCUT2D eigenvalue weighted by Gasteiger charge is -2.34. The average molecular weight is 743 g/mol. The number of nitrogens with one attached hydrogen (secondary N) is 2. The van der Waals surface area contributed by atoms with E-state index in [1.54, 1.807) is 40.0 Å². The number of H-pyrrole nitrogens is 1. The molecule has 3 amide bonds. The molecule has 2 aromatic heterocycles. The van der Waals surface area contributed by atoms with Gasteiger partial charge in [-0.1, -0.05) is 64.0 Å². The number of hydrogen-bond acceptors (Lipinski definition) is 6. The zero-order valence-corrected chi connectivity index (χ0v) is 31.9. The van der Waals surface area contributed by atoms with E-state index in [2.05, 4.69) is 21.2 Å². The third kappa shape index (κ3) is 11.9. The number of halogens is 2. The zero-order valence-electron chi connectivity index (χ0n) is 31.1. The quantitative estimate of drug-likeness (QED) is 0.236. The molecule has 0 spiro atoms. The molecule has 0 radical (unpaired) electrons. The molecule has 2 aliphatic heterocycles. The molecular weight excluding hydrogens is 691 g/mol. The van der Waals surface area contributed by atoms with Gasteiger partial charge in [-0.2, -0.15) is 0 Å². The Bertz CT molecular complexity index is 1880. The predicted molar refractivity (Wildman–Crippen MR) is 203 cm³/mol. The fourth-order valence-corrected chi connectivity index (χ4v) is 6.00. The van der Waals surface area contributed by atoms with Gasteiger partial charge in [-0.05, 0) is 62.4 Å². The SMILES string of the molecule is C#CC(/C=C\C=C/C)N1CC(c2cccc(F)c2F)CCC(NC(=O)N2CCC(n3c(=O)[nH]c4ncccc43)CC2)C1=O.CC.CC.CS(C)(=O)=O. The topological polar surface area (TPSA) is 137 Å². The normalized spacial score (nSPS) is 18.7. The number of piperidine rings is 1. The van der Waals surface area contributed by atoms with E-state index in [1.807, 2.05) is 46.8 Å². The number of rotatable bonds is 6. The van der Waals surface area contributed by atoms with Crippen LogP contribution in [0, 0.1) is 24.0 Å². The van der Waals surface area contributed by atoms with Gasteiger partial charge in [0.25, 0.3) is 0 Å². The van der Waals surface area contributed by atoms with E-state index < -0.39 is 45.5 Å². The third-order valence-electron chi connectivity index (χ3n) is 8.23. The number of benzene rings is 1. The predicted octanol–water partition coefficient (Wildman–Crippen LogP) is 5.97. The summed E-state index contributed by atoms with van der Waals surface area (Å²) in [4.78, 5) is 49.9. The summed E-state index contributed by atoms with van der Waals surface area (Å²) in [5.74, 6) is -0.189. The molecule has 3 atom stereocenters. The monoisotopic (exact) mass is 742 g/mol. The standard InChI is InChI=1S/C32H34F2N6O3.C2H6O2S.2C2H6/c1-3-5-6-9-22(4-2)39-20-21(24-10-7-11-25(33)28(24)34)13-14-26(30(39)41)36-31(42)38-18-15-23(16-19-38)40-27-12-8-17-35-29(27)37-32(40)43;1-5(2,3)4;2*1-2/h2-3,5-12,17,21-23,26H,13-16,18-20H2,1H3,(H,36,42)(H,35,37,43);1-2H3;2*1-2H3/b5-3-,9-6-;;;. The van der Waals surface area contributed by atoms with Gasteiger partial charge >= 0.3 is 11.7 Å². The molecule has 3 unspecified atom stereocenters. The first-order valence-corrected chi connectivity index (χ1v) is 19.9. The zero-order chi connectivity index (χ0) is 39.0. The van der Waals surface area contributed by atoms with E-state index in [-0.39, 0.29) is 36.2 Å². The molecule has 0 bridgehead atoms. The summed E-state index contributed by atoms with van der Waals surface area (Å²) in [5.41, 5.74) is 1.17. The molecule has 1 aromatic carbocycles. The molecule has 2 saturated heterocycles. The Morgan fingerprint density at radius 3 is 2.31 bits per heavy atom. The maximum Gasteiger partial charge on any atom is 0.327 e. The number of nitrogens with zero attached hydrogens (tertiary/aromatic N) is 4. The number of terminal acetylenes is 1. The Labute approximate surface area is 306 Å². The summed E-state index contributed by atoms with van der Waals surface area (Å²) in [6, 6.07) is 5.47. The number of imidazole rings is 1. The molecule has 11 nitrogen and oxygen atoms in total. The van der Waals surface area contributed by atoms with Crippen molar-refractivity contribution in [2.24, 2.45) is 0 Å². The van der Waals surface area contributed by atoms with Crippen molar-refractivity contribution in [3.63, 3.8) is 0 Å². The second kappa shape index (κ2) is 20.9. The Hall–Kier alpha value is -4.77. The van der Waals surface area contributed by atoms with E-state index in [1.165, 1.54) is 17.0 Å². The molecule has 0 aliphatic carbocycles. The molecule has 2 aliphatic rings. The third-order valence-corrected chi connectivity index (χ3v) is 8.23. The number of urea groups is 1. The highest BCUT2D eigenvalue weighted by Crippen LogP contribution is 2.31. The van der Waals surface area contributed by atoms with Gasteiger partial charge in [0, 0.05) is 50.3 Å². The maximum absolute atomic E-state index is 14.8. The first kappa shape index (κ1) is 43.4. The van der Waals surface area contributed by atoms with Crippen molar-refractivity contribution in [2.75, 3.05) is 32.1 Å². The van der Waals surface area contributed by atoms with E-state index >= 15 is 0 Å². The Morgan fingerprint density at radius 1 is 1.04 bits per heavy atom. The van der Waals surface area contributed by atoms with Crippen LogP contribution in [-0.2, 0) is 14.6 Å². The van der Waals surface area contributed by atoms with Crippen molar-refractivity contribution < 1.29 is 26.8 Å². The number of hydrogen-bond donors (Lipinski definition) is 2. The molecule has 4 heterocycles. The fourth-order valence-electron chi connectivity index (χ4n) is 6.00. The number of fused-ring (bicyclic) bond motifs is 1. The van der Waals surface area contributed by atoms with Crippen molar-refractivity contribution in [1.82, 2.24) is 29.7 Å². The van der Waals surface area contributed by atoms with Crippen molar-refractivity contribution in [2.45, 2.75) is 84.3 Å². The smallest absolute Gasteiger partial charge is 0.326 e. The van der Waals surface area contributed by atoms with Gasteiger partial charge < -0.3 is 15.1 Å². The second-order valence-electron chi connectivity index (χ2n) is 12.0. The van der Waals surface area contributed by atoms with Gasteiger partial charge in [0.15, 0.2) is 17.3 Å². The van der Waals surface area contributed by atoms with E-state index in [9.17, 15) is 31.6 Å². The highest BCUT2D eigenvalue weighted by Gasteiger charge is 2.37. The van der Waals surface area contributed by atoms with E-state index in [4.69, 9.17) is 6.42 Å². The molecule has 0 saturated carbocycles. The molecule has 52 heavy (non-hydrogen) atoms. The molecule has 3 aromatic rings. The van der Waals surface area contributed by atoms with Gasteiger partial charge in [-0.15, -0.1) is 6.42 Å². The van der Waals surface area contributed by atoms with Crippen molar-refractivity contribution in [3.05, 3.63) is 88.5 Å². The molecule has 2 N–H and O–H groups in total. The number of aromatic amines is 1. The summed E-state index contributed by atoms with van der Waals surface area (Å²) < 4.78 is 49.9. The number of carbonyl (C=O) groups is 2. The Morgan fingerprint density at radius 2 is 1.69 bits per heavy atom. The lowest BCUT2D eigenvalue weighted by molar-refractivity contribution is -0.133. The lowest BCUT2D eigenvalue weighted by Crippen LogP contribution is -2.54. The first-order valence-electron chi connectivity index (χ1n) is 17.6. The number of likely N-dealkylation sites (tertiary alicyclic amines) is 2. The largest absolute Gasteiger partial charge is 0.327 e. The van der Waals surface area contributed by atoms with Crippen LogP contribution in [0.4, 0.5) is 13.6 Å². The van der Waals surface area contributed by atoms with E-state index in [0.717, 1.165) is 24.1 Å². The van der Waals surface area contributed by atoms with Crippen molar-refractivity contribution >= 4 is 32.9 Å². The van der Waals surface area contributed by atoms with Crippen LogP contribution >= 0.6 is 0 Å². The lowest BCUT2D eigenvalue weighted by atomic mass is 9.93. The number of carbonyl (C=O) groups excluding carboxylic acids is 2. The van der Waals surface area contributed by atoms with Crippen LogP contribution in [0.5, 0.6) is 0 Å². The fraction of sp³-hybridized carbons (Fsp3) is 0.474. The Balaban J connectivity index is 0.000000945.